The van der Waals surface area contributed by atoms with Gasteiger partial charge in [0.2, 0.25) is 0 Å². The number of nitrogens with one attached hydrogen (secondary N) is 1. The van der Waals surface area contributed by atoms with Crippen LogP contribution in [-0.4, -0.2) is 24.1 Å². The number of rotatable bonds is 13. The number of para-hydroxylation sites is 1. The summed E-state index contributed by atoms with van der Waals surface area (Å²) in [5.41, 5.74) is 5.01. The standard InChI is InChI=1S/C27H35N3O2/c1-2-3-4-5-6-7-8-9-10-16-21-30-24-20-15-14-19-23(24)25(27(30)32)28-29-26(31)22-17-12-11-13-18-22/h11-15,17-20H,2-10,16,21H2,1H3,(H,29,31)/b28-25-. The van der Waals surface area contributed by atoms with E-state index in [1.54, 1.807) is 29.2 Å². The minimum atomic E-state index is -0.323. The van der Waals surface area contributed by atoms with Crippen LogP contribution in [0.25, 0.3) is 0 Å². The zero-order valence-electron chi connectivity index (χ0n) is 19.2. The predicted molar refractivity (Wildman–Crippen MR) is 131 cm³/mol. The second-order valence-electron chi connectivity index (χ2n) is 8.42. The van der Waals surface area contributed by atoms with Crippen LogP contribution in [0.1, 0.15) is 87.1 Å². The van der Waals surface area contributed by atoms with Gasteiger partial charge in [0.1, 0.15) is 0 Å². The SMILES string of the molecule is CCCCCCCCCCCCN1C(=O)/C(=N\NC(=O)c2ccccc2)c2ccccc21. The van der Waals surface area contributed by atoms with Crippen LogP contribution in [0.4, 0.5) is 5.69 Å². The molecule has 0 saturated heterocycles. The Hall–Kier alpha value is -2.95. The van der Waals surface area contributed by atoms with Crippen LogP contribution in [0.5, 0.6) is 0 Å². The molecule has 0 unspecified atom stereocenters. The second kappa shape index (κ2) is 12.8. The lowest BCUT2D eigenvalue weighted by molar-refractivity contribution is -0.112. The van der Waals surface area contributed by atoms with Gasteiger partial charge in [-0.05, 0) is 24.6 Å². The highest BCUT2D eigenvalue weighted by atomic mass is 16.2. The third kappa shape index (κ3) is 6.52. The average Bonchev–Trinajstić information content (AvgIpc) is 3.10. The first-order chi connectivity index (χ1) is 15.7. The minimum Gasteiger partial charge on any atom is -0.306 e. The van der Waals surface area contributed by atoms with Crippen molar-refractivity contribution >= 4 is 23.2 Å². The molecule has 0 radical (unpaired) electrons. The summed E-state index contributed by atoms with van der Waals surface area (Å²) in [5, 5.41) is 4.20. The van der Waals surface area contributed by atoms with Crippen LogP contribution < -0.4 is 10.3 Å². The van der Waals surface area contributed by atoms with Crippen molar-refractivity contribution in [3.63, 3.8) is 0 Å². The number of fused-ring (bicyclic) bond motifs is 1. The third-order valence-electron chi connectivity index (χ3n) is 5.94. The molecule has 3 rings (SSSR count). The normalized spacial score (nSPS) is 14.1. The van der Waals surface area contributed by atoms with Gasteiger partial charge < -0.3 is 4.90 Å². The zero-order chi connectivity index (χ0) is 22.6. The number of amides is 2. The molecule has 170 valence electrons. The van der Waals surface area contributed by atoms with Gasteiger partial charge in [-0.2, -0.15) is 5.10 Å². The smallest absolute Gasteiger partial charge is 0.279 e. The maximum Gasteiger partial charge on any atom is 0.279 e. The van der Waals surface area contributed by atoms with Gasteiger partial charge in [-0.1, -0.05) is 101 Å². The van der Waals surface area contributed by atoms with Crippen molar-refractivity contribution in [1.82, 2.24) is 5.43 Å². The number of nitrogens with zero attached hydrogens (tertiary/aromatic N) is 2. The van der Waals surface area contributed by atoms with E-state index < -0.39 is 0 Å². The number of benzene rings is 2. The topological polar surface area (TPSA) is 61.8 Å². The molecule has 0 spiro atoms. The third-order valence-corrected chi connectivity index (χ3v) is 5.94. The van der Waals surface area contributed by atoms with E-state index in [1.165, 1.54) is 51.4 Å². The lowest BCUT2D eigenvalue weighted by Crippen LogP contribution is -2.32. The Bertz CT molecular complexity index is 908. The van der Waals surface area contributed by atoms with E-state index in [0.717, 1.165) is 24.1 Å². The van der Waals surface area contributed by atoms with Gasteiger partial charge in [0.15, 0.2) is 5.71 Å². The van der Waals surface area contributed by atoms with E-state index in [1.807, 2.05) is 30.3 Å². The maximum absolute atomic E-state index is 13.0. The van der Waals surface area contributed by atoms with Crippen LogP contribution in [-0.2, 0) is 4.79 Å². The van der Waals surface area contributed by atoms with Gasteiger partial charge in [0.05, 0.1) is 5.69 Å². The highest BCUT2D eigenvalue weighted by Crippen LogP contribution is 2.29. The van der Waals surface area contributed by atoms with Gasteiger partial charge in [0.25, 0.3) is 11.8 Å². The molecule has 0 aliphatic carbocycles. The Labute approximate surface area is 191 Å². The number of hydrogen-bond acceptors (Lipinski definition) is 3. The molecular weight excluding hydrogens is 398 g/mol. The van der Waals surface area contributed by atoms with Gasteiger partial charge >= 0.3 is 0 Å². The number of hydrogen-bond donors (Lipinski definition) is 1. The summed E-state index contributed by atoms with van der Waals surface area (Å²) >= 11 is 0. The molecule has 1 heterocycles. The highest BCUT2D eigenvalue weighted by molar-refractivity contribution is 6.54. The molecule has 0 atom stereocenters. The highest BCUT2D eigenvalue weighted by Gasteiger charge is 2.33. The zero-order valence-corrected chi connectivity index (χ0v) is 19.2. The second-order valence-corrected chi connectivity index (χ2v) is 8.42. The summed E-state index contributed by atoms with van der Waals surface area (Å²) in [6.45, 7) is 2.93. The summed E-state index contributed by atoms with van der Waals surface area (Å²) < 4.78 is 0. The van der Waals surface area contributed by atoms with E-state index in [0.29, 0.717) is 17.8 Å². The van der Waals surface area contributed by atoms with Gasteiger partial charge in [0, 0.05) is 17.7 Å². The summed E-state index contributed by atoms with van der Waals surface area (Å²) in [6.07, 6.45) is 12.6. The molecule has 5 heteroatoms. The van der Waals surface area contributed by atoms with Gasteiger partial charge in [-0.25, -0.2) is 5.43 Å². The van der Waals surface area contributed by atoms with Crippen LogP contribution in [0, 0.1) is 0 Å². The van der Waals surface area contributed by atoms with Crippen LogP contribution >= 0.6 is 0 Å². The molecule has 32 heavy (non-hydrogen) atoms. The van der Waals surface area contributed by atoms with E-state index in [4.69, 9.17) is 0 Å². The number of hydrazone groups is 1. The molecule has 2 aromatic carbocycles. The fraction of sp³-hybridized carbons (Fsp3) is 0.444. The first kappa shape index (κ1) is 23.7. The van der Waals surface area contributed by atoms with Crippen molar-refractivity contribution in [2.75, 3.05) is 11.4 Å². The maximum atomic E-state index is 13.0. The average molecular weight is 434 g/mol. The number of unbranched alkanes of at least 4 members (excludes halogenated alkanes) is 9. The molecule has 0 bridgehead atoms. The van der Waals surface area contributed by atoms with Crippen LogP contribution in [0.3, 0.4) is 0 Å². The molecule has 0 fully saturated rings. The molecule has 2 aromatic rings. The van der Waals surface area contributed by atoms with E-state index in [2.05, 4.69) is 17.5 Å². The van der Waals surface area contributed by atoms with Crippen molar-refractivity contribution in [2.45, 2.75) is 71.1 Å². The molecule has 0 saturated carbocycles. The largest absolute Gasteiger partial charge is 0.306 e. The fourth-order valence-corrected chi connectivity index (χ4v) is 4.11. The Kier molecular flexibility index (Phi) is 9.48. The van der Waals surface area contributed by atoms with Crippen LogP contribution in [0.2, 0.25) is 0 Å². The summed E-state index contributed by atoms with van der Waals surface area (Å²) in [5.74, 6) is -0.466. The van der Waals surface area contributed by atoms with Crippen LogP contribution in [0.15, 0.2) is 59.7 Å². The quantitative estimate of drug-likeness (QED) is 0.307. The number of anilines is 1. The number of carbonyl (C=O) groups is 2. The molecule has 1 aliphatic heterocycles. The van der Waals surface area contributed by atoms with Crippen molar-refractivity contribution in [3.05, 3.63) is 65.7 Å². The molecule has 1 aliphatic rings. The Morgan fingerprint density at radius 2 is 1.41 bits per heavy atom. The van der Waals surface area contributed by atoms with Crippen molar-refractivity contribution in [1.29, 1.82) is 0 Å². The Balaban J connectivity index is 1.49. The van der Waals surface area contributed by atoms with E-state index in [-0.39, 0.29) is 11.8 Å². The summed E-state index contributed by atoms with van der Waals surface area (Å²) in [6, 6.07) is 16.6. The predicted octanol–water partition coefficient (Wildman–Crippen LogP) is 6.09. The first-order valence-electron chi connectivity index (χ1n) is 12.1. The monoisotopic (exact) mass is 433 g/mol. The first-order valence-corrected chi connectivity index (χ1v) is 12.1. The Morgan fingerprint density at radius 1 is 0.812 bits per heavy atom. The fourth-order valence-electron chi connectivity index (χ4n) is 4.11. The van der Waals surface area contributed by atoms with E-state index >= 15 is 0 Å². The lowest BCUT2D eigenvalue weighted by atomic mass is 10.1. The Morgan fingerprint density at radius 3 is 2.09 bits per heavy atom. The summed E-state index contributed by atoms with van der Waals surface area (Å²) in [4.78, 5) is 27.2. The van der Waals surface area contributed by atoms with Gasteiger partial charge in [-0.15, -0.1) is 0 Å². The van der Waals surface area contributed by atoms with Crippen molar-refractivity contribution in [3.8, 4) is 0 Å². The molecule has 5 nitrogen and oxygen atoms in total. The van der Waals surface area contributed by atoms with Gasteiger partial charge in [-0.3, -0.25) is 9.59 Å². The van der Waals surface area contributed by atoms with Crippen molar-refractivity contribution < 1.29 is 9.59 Å². The minimum absolute atomic E-state index is 0.143. The molecule has 2 amide bonds. The number of carbonyl (C=O) groups excluding carboxylic acids is 2. The molecule has 0 aromatic heterocycles. The lowest BCUT2D eigenvalue weighted by Gasteiger charge is -2.16. The summed E-state index contributed by atoms with van der Waals surface area (Å²) in [7, 11) is 0. The van der Waals surface area contributed by atoms with E-state index in [9.17, 15) is 9.59 Å². The molecule has 1 N–H and O–H groups in total. The van der Waals surface area contributed by atoms with Crippen molar-refractivity contribution in [2.24, 2.45) is 5.10 Å². The molecular formula is C27H35N3O2.